The molecule has 1 saturated heterocycles. The largest absolute Gasteiger partial charge is 0.355 e. The van der Waals surface area contributed by atoms with Crippen molar-refractivity contribution in [1.29, 1.82) is 0 Å². The van der Waals surface area contributed by atoms with E-state index in [9.17, 15) is 9.59 Å². The van der Waals surface area contributed by atoms with Gasteiger partial charge in [0.05, 0.1) is 28.0 Å². The van der Waals surface area contributed by atoms with Crippen molar-refractivity contribution in [2.45, 2.75) is 39.7 Å². The number of nitrogens with zero attached hydrogens (tertiary/aromatic N) is 7. The minimum Gasteiger partial charge on any atom is -0.350 e. The number of piperazine rings is 1. The maximum absolute atomic E-state index is 13.9. The van der Waals surface area contributed by atoms with E-state index in [-0.39, 0.29) is 11.9 Å². The van der Waals surface area contributed by atoms with Gasteiger partial charge in [-0.25, -0.2) is 14.3 Å². The number of fused-ring (bicyclic) bond motifs is 1. The molecule has 9 nitrogen and oxygen atoms in total. The molecule has 0 saturated carbocycles. The molecule has 1 aromatic carbocycles. The summed E-state index contributed by atoms with van der Waals surface area (Å²) in [5, 5.41) is 5.48. The van der Waals surface area contributed by atoms with Crippen molar-refractivity contribution in [1.82, 2.24) is 29.2 Å². The molecule has 1 aliphatic rings. The maximum Gasteiger partial charge on any atom is 0.355 e. The minimum absolute atomic E-state index is 0.0845. The number of pyridine rings is 1. The molecule has 4 heterocycles. The van der Waals surface area contributed by atoms with Gasteiger partial charge in [-0.2, -0.15) is 10.1 Å². The van der Waals surface area contributed by atoms with Gasteiger partial charge in [-0.15, -0.1) is 0 Å². The predicted octanol–water partition coefficient (Wildman–Crippen LogP) is 4.32. The summed E-state index contributed by atoms with van der Waals surface area (Å²) >= 11 is 6.89. The molecule has 0 spiro atoms. The normalized spacial score (nSPS) is 15.7. The summed E-state index contributed by atoms with van der Waals surface area (Å²) in [5.74, 6) is 0.406. The average molecular weight is 546 g/mol. The SMILES string of the molecule is C=CC(=O)N1CCN(c2nc(=O)n(-c3ccccc3CCC)c3nc(-c4c(C)cnn4C)c(Cl)cc23)[C@@H](C)C1. The third-order valence-electron chi connectivity index (χ3n) is 7.29. The summed E-state index contributed by atoms with van der Waals surface area (Å²) in [7, 11) is 1.85. The number of benzene rings is 1. The van der Waals surface area contributed by atoms with Gasteiger partial charge in [-0.3, -0.25) is 9.48 Å². The van der Waals surface area contributed by atoms with E-state index in [4.69, 9.17) is 16.6 Å². The molecule has 1 aliphatic heterocycles. The van der Waals surface area contributed by atoms with Crippen LogP contribution in [-0.4, -0.2) is 60.8 Å². The molecule has 39 heavy (non-hydrogen) atoms. The Morgan fingerprint density at radius 3 is 2.67 bits per heavy atom. The van der Waals surface area contributed by atoms with E-state index in [1.54, 1.807) is 20.3 Å². The van der Waals surface area contributed by atoms with Crippen molar-refractivity contribution in [3.05, 3.63) is 75.8 Å². The van der Waals surface area contributed by atoms with Gasteiger partial charge < -0.3 is 9.80 Å². The Morgan fingerprint density at radius 1 is 1.23 bits per heavy atom. The molecule has 1 amide bonds. The highest BCUT2D eigenvalue weighted by molar-refractivity contribution is 6.33. The summed E-state index contributed by atoms with van der Waals surface area (Å²) < 4.78 is 3.33. The van der Waals surface area contributed by atoms with E-state index >= 15 is 0 Å². The molecule has 0 unspecified atom stereocenters. The highest BCUT2D eigenvalue weighted by Crippen LogP contribution is 2.35. The van der Waals surface area contributed by atoms with Crippen LogP contribution in [0.3, 0.4) is 0 Å². The third-order valence-corrected chi connectivity index (χ3v) is 7.57. The van der Waals surface area contributed by atoms with E-state index in [2.05, 4.69) is 28.5 Å². The van der Waals surface area contributed by atoms with Gasteiger partial charge in [-0.05, 0) is 49.6 Å². The van der Waals surface area contributed by atoms with Crippen LogP contribution in [0.4, 0.5) is 5.82 Å². The summed E-state index contributed by atoms with van der Waals surface area (Å²) in [4.78, 5) is 39.6. The standard InChI is InChI=1S/C29H32ClN7O2/c1-6-10-20-11-8-9-12-23(20)37-28-21(15-22(30)25(32-28)26-18(3)16-31-34(26)5)27(33-29(37)39)36-14-13-35(17-19(36)4)24(38)7-2/h7-9,11-12,15-16,19H,2,6,10,13-14,17H2,1,3-5H3/t19-/m0/s1. The molecule has 0 aliphatic carbocycles. The molecule has 1 fully saturated rings. The first-order valence-electron chi connectivity index (χ1n) is 13.1. The van der Waals surface area contributed by atoms with Crippen LogP contribution in [0.1, 0.15) is 31.4 Å². The maximum atomic E-state index is 13.9. The van der Waals surface area contributed by atoms with Crippen molar-refractivity contribution >= 4 is 34.4 Å². The highest BCUT2D eigenvalue weighted by Gasteiger charge is 2.30. The molecule has 3 aromatic heterocycles. The number of aryl methyl sites for hydroxylation is 3. The zero-order valence-corrected chi connectivity index (χ0v) is 23.4. The topological polar surface area (TPSA) is 89.2 Å². The smallest absolute Gasteiger partial charge is 0.350 e. The number of rotatable bonds is 6. The number of hydrogen-bond acceptors (Lipinski definition) is 6. The number of anilines is 1. The van der Waals surface area contributed by atoms with Crippen molar-refractivity contribution < 1.29 is 4.79 Å². The Balaban J connectivity index is 1.78. The van der Waals surface area contributed by atoms with Gasteiger partial charge in [0.15, 0.2) is 5.65 Å². The van der Waals surface area contributed by atoms with Crippen molar-refractivity contribution in [3.8, 4) is 17.1 Å². The number of aromatic nitrogens is 5. The fourth-order valence-corrected chi connectivity index (χ4v) is 5.65. The van der Waals surface area contributed by atoms with E-state index in [0.717, 1.165) is 35.3 Å². The van der Waals surface area contributed by atoms with Crippen LogP contribution in [0.25, 0.3) is 28.1 Å². The average Bonchev–Trinajstić information content (AvgIpc) is 3.26. The first kappa shape index (κ1) is 26.6. The first-order chi connectivity index (χ1) is 18.7. The van der Waals surface area contributed by atoms with Gasteiger partial charge in [0, 0.05) is 32.7 Å². The molecule has 10 heteroatoms. The number of carbonyl (C=O) groups excluding carboxylic acids is 1. The van der Waals surface area contributed by atoms with Crippen molar-refractivity contribution in [2.24, 2.45) is 7.05 Å². The molecule has 5 rings (SSSR count). The van der Waals surface area contributed by atoms with Crippen molar-refractivity contribution in [3.63, 3.8) is 0 Å². The Labute approximate surface area is 232 Å². The quantitative estimate of drug-likeness (QED) is 0.335. The van der Waals surface area contributed by atoms with E-state index < -0.39 is 5.69 Å². The van der Waals surface area contributed by atoms with E-state index in [1.807, 2.05) is 51.2 Å². The molecule has 202 valence electrons. The Kier molecular flexibility index (Phi) is 7.27. The Hall–Kier alpha value is -3.98. The second-order valence-electron chi connectivity index (χ2n) is 9.95. The zero-order valence-electron chi connectivity index (χ0n) is 22.7. The Morgan fingerprint density at radius 2 is 2.00 bits per heavy atom. The second kappa shape index (κ2) is 10.6. The molecular weight excluding hydrogens is 514 g/mol. The van der Waals surface area contributed by atoms with Gasteiger partial charge in [0.2, 0.25) is 5.91 Å². The minimum atomic E-state index is -0.416. The predicted molar refractivity (Wildman–Crippen MR) is 155 cm³/mol. The molecule has 4 aromatic rings. The number of hydrogen-bond donors (Lipinski definition) is 0. The van der Waals surface area contributed by atoms with Gasteiger partial charge >= 0.3 is 5.69 Å². The second-order valence-corrected chi connectivity index (χ2v) is 10.4. The van der Waals surface area contributed by atoms with Crippen LogP contribution in [0, 0.1) is 6.92 Å². The summed E-state index contributed by atoms with van der Waals surface area (Å²) in [5.41, 5.74) is 4.12. The monoisotopic (exact) mass is 545 g/mol. The van der Waals surface area contributed by atoms with Crippen LogP contribution in [0.15, 0.2) is 54.0 Å². The lowest BCUT2D eigenvalue weighted by Gasteiger charge is -2.40. The lowest BCUT2D eigenvalue weighted by Crippen LogP contribution is -2.54. The van der Waals surface area contributed by atoms with Crippen LogP contribution in [-0.2, 0) is 18.3 Å². The number of para-hydroxylation sites is 1. The third kappa shape index (κ3) is 4.71. The van der Waals surface area contributed by atoms with Gasteiger partial charge in [0.25, 0.3) is 0 Å². The van der Waals surface area contributed by atoms with Gasteiger partial charge in [-0.1, -0.05) is 49.7 Å². The summed E-state index contributed by atoms with van der Waals surface area (Å²) in [6.45, 7) is 11.2. The lowest BCUT2D eigenvalue weighted by molar-refractivity contribution is -0.126. The molecule has 0 bridgehead atoms. The summed E-state index contributed by atoms with van der Waals surface area (Å²) in [6.07, 6.45) is 4.84. The van der Waals surface area contributed by atoms with E-state index in [0.29, 0.717) is 47.2 Å². The fourth-order valence-electron chi connectivity index (χ4n) is 5.41. The van der Waals surface area contributed by atoms with Crippen molar-refractivity contribution in [2.75, 3.05) is 24.5 Å². The molecule has 0 N–H and O–H groups in total. The Bertz CT molecular complexity index is 1620. The zero-order chi connectivity index (χ0) is 27.8. The highest BCUT2D eigenvalue weighted by atomic mass is 35.5. The molecular formula is C29H32ClN7O2. The lowest BCUT2D eigenvalue weighted by atomic mass is 10.1. The van der Waals surface area contributed by atoms with Crippen LogP contribution in [0.2, 0.25) is 5.02 Å². The van der Waals surface area contributed by atoms with E-state index in [1.165, 1.54) is 6.08 Å². The fraction of sp³-hybridized carbons (Fsp3) is 0.345. The molecule has 0 radical (unpaired) electrons. The van der Waals surface area contributed by atoms with Gasteiger partial charge in [0.1, 0.15) is 11.5 Å². The number of amides is 1. The first-order valence-corrected chi connectivity index (χ1v) is 13.5. The van der Waals surface area contributed by atoms with Crippen LogP contribution in [0.5, 0.6) is 0 Å². The van der Waals surface area contributed by atoms with Crippen LogP contribution >= 0.6 is 11.6 Å². The van der Waals surface area contributed by atoms with Crippen LogP contribution < -0.4 is 10.6 Å². The molecule has 1 atom stereocenters. The number of halogens is 1. The summed E-state index contributed by atoms with van der Waals surface area (Å²) in [6, 6.07) is 9.62. The number of carbonyl (C=O) groups is 1.